The zero-order chi connectivity index (χ0) is 17.3. The molecule has 3 fully saturated rings. The van der Waals surface area contributed by atoms with Crippen LogP contribution in [0, 0.1) is 5.41 Å². The zero-order valence-corrected chi connectivity index (χ0v) is 15.9. The SMILES string of the molecule is Cl.O=C(C1CCCCN1C(=O)c1ccco1)N1CCC2(CCNC2)CC1. The van der Waals surface area contributed by atoms with Gasteiger partial charge in [-0.15, -0.1) is 12.4 Å². The topological polar surface area (TPSA) is 65.8 Å². The molecule has 1 aromatic rings. The fourth-order valence-electron chi connectivity index (χ4n) is 4.61. The van der Waals surface area contributed by atoms with Crippen molar-refractivity contribution in [1.29, 1.82) is 0 Å². The Morgan fingerprint density at radius 1 is 1.15 bits per heavy atom. The number of piperidine rings is 2. The van der Waals surface area contributed by atoms with Gasteiger partial charge in [0.05, 0.1) is 6.26 Å². The Morgan fingerprint density at radius 3 is 2.62 bits per heavy atom. The normalized spacial score (nSPS) is 25.2. The summed E-state index contributed by atoms with van der Waals surface area (Å²) < 4.78 is 5.26. The van der Waals surface area contributed by atoms with Crippen molar-refractivity contribution in [2.45, 2.75) is 44.6 Å². The number of carbonyl (C=O) groups is 2. The van der Waals surface area contributed by atoms with E-state index >= 15 is 0 Å². The van der Waals surface area contributed by atoms with E-state index in [2.05, 4.69) is 5.32 Å². The largest absolute Gasteiger partial charge is 0.459 e. The van der Waals surface area contributed by atoms with Crippen LogP contribution in [-0.4, -0.2) is 60.4 Å². The quantitative estimate of drug-likeness (QED) is 0.853. The number of carbonyl (C=O) groups excluding carboxylic acids is 2. The second kappa shape index (κ2) is 8.01. The van der Waals surface area contributed by atoms with Gasteiger partial charge in [-0.25, -0.2) is 0 Å². The molecule has 3 saturated heterocycles. The first-order valence-electron chi connectivity index (χ1n) is 9.53. The van der Waals surface area contributed by atoms with E-state index in [1.165, 1.54) is 12.7 Å². The lowest BCUT2D eigenvalue weighted by atomic mass is 9.77. The highest BCUT2D eigenvalue weighted by atomic mass is 35.5. The first-order valence-corrected chi connectivity index (χ1v) is 9.53. The molecule has 4 rings (SSSR count). The van der Waals surface area contributed by atoms with Crippen molar-refractivity contribution in [1.82, 2.24) is 15.1 Å². The summed E-state index contributed by atoms with van der Waals surface area (Å²) in [7, 11) is 0. The van der Waals surface area contributed by atoms with Crippen LogP contribution in [0.15, 0.2) is 22.8 Å². The molecule has 0 radical (unpaired) electrons. The molecule has 1 N–H and O–H groups in total. The van der Waals surface area contributed by atoms with Crippen LogP contribution in [0.4, 0.5) is 0 Å². The second-order valence-electron chi connectivity index (χ2n) is 7.74. The summed E-state index contributed by atoms with van der Waals surface area (Å²) in [4.78, 5) is 29.6. The van der Waals surface area contributed by atoms with Gasteiger partial charge in [0.25, 0.3) is 5.91 Å². The molecule has 0 saturated carbocycles. The van der Waals surface area contributed by atoms with Crippen LogP contribution >= 0.6 is 12.4 Å². The Bertz CT molecular complexity index is 618. The lowest BCUT2D eigenvalue weighted by Crippen LogP contribution is -2.55. The van der Waals surface area contributed by atoms with E-state index in [1.807, 2.05) is 4.90 Å². The van der Waals surface area contributed by atoms with E-state index in [0.717, 1.165) is 58.3 Å². The highest BCUT2D eigenvalue weighted by Crippen LogP contribution is 2.37. The molecule has 1 unspecified atom stereocenters. The predicted octanol–water partition coefficient (Wildman–Crippen LogP) is 2.30. The standard InChI is InChI=1S/C19H27N3O3.ClH/c23-17(21-11-7-19(8-12-21)6-9-20-14-19)15-4-1-2-10-22(15)18(24)16-5-3-13-25-16;/h3,5,13,15,20H,1-2,4,6-12,14H2;1H. The number of halogens is 1. The van der Waals surface area contributed by atoms with Crippen molar-refractivity contribution in [2.75, 3.05) is 32.7 Å². The Labute approximate surface area is 160 Å². The number of nitrogens with zero attached hydrogens (tertiary/aromatic N) is 2. The molecule has 1 spiro atoms. The highest BCUT2D eigenvalue weighted by molar-refractivity contribution is 5.95. The number of hydrogen-bond donors (Lipinski definition) is 1. The lowest BCUT2D eigenvalue weighted by molar-refractivity contribution is -0.139. The van der Waals surface area contributed by atoms with E-state index in [4.69, 9.17) is 4.42 Å². The number of furan rings is 1. The molecule has 6 nitrogen and oxygen atoms in total. The van der Waals surface area contributed by atoms with Crippen molar-refractivity contribution in [2.24, 2.45) is 5.41 Å². The number of amides is 2. The fourth-order valence-corrected chi connectivity index (χ4v) is 4.61. The molecular weight excluding hydrogens is 354 g/mol. The first-order chi connectivity index (χ1) is 12.2. The van der Waals surface area contributed by atoms with Crippen LogP contribution in [0.1, 0.15) is 49.1 Å². The second-order valence-corrected chi connectivity index (χ2v) is 7.74. The molecule has 144 valence electrons. The van der Waals surface area contributed by atoms with Crippen molar-refractivity contribution < 1.29 is 14.0 Å². The van der Waals surface area contributed by atoms with Gasteiger partial charge in [0.1, 0.15) is 6.04 Å². The van der Waals surface area contributed by atoms with Gasteiger partial charge < -0.3 is 19.5 Å². The van der Waals surface area contributed by atoms with Crippen molar-refractivity contribution in [3.63, 3.8) is 0 Å². The maximum absolute atomic E-state index is 13.1. The zero-order valence-electron chi connectivity index (χ0n) is 15.1. The molecule has 3 aliphatic rings. The van der Waals surface area contributed by atoms with Crippen LogP contribution < -0.4 is 5.32 Å². The van der Waals surface area contributed by atoms with Crippen molar-refractivity contribution >= 4 is 24.2 Å². The molecule has 26 heavy (non-hydrogen) atoms. The predicted molar refractivity (Wildman–Crippen MR) is 100 cm³/mol. The molecule has 3 aliphatic heterocycles. The lowest BCUT2D eigenvalue weighted by Gasteiger charge is -2.42. The maximum Gasteiger partial charge on any atom is 0.290 e. The van der Waals surface area contributed by atoms with Gasteiger partial charge in [-0.1, -0.05) is 0 Å². The Morgan fingerprint density at radius 2 is 1.96 bits per heavy atom. The molecule has 2 amide bonds. The third-order valence-corrected chi connectivity index (χ3v) is 6.25. The van der Waals surface area contributed by atoms with Gasteiger partial charge in [-0.05, 0) is 62.6 Å². The number of hydrogen-bond acceptors (Lipinski definition) is 4. The Kier molecular flexibility index (Phi) is 5.92. The first kappa shape index (κ1) is 19.2. The van der Waals surface area contributed by atoms with Gasteiger partial charge in [0.15, 0.2) is 5.76 Å². The summed E-state index contributed by atoms with van der Waals surface area (Å²) in [6.45, 7) is 4.46. The molecule has 0 bridgehead atoms. The minimum atomic E-state index is -0.331. The average Bonchev–Trinajstić information content (AvgIpc) is 3.34. The van der Waals surface area contributed by atoms with Gasteiger partial charge in [-0.2, -0.15) is 0 Å². The van der Waals surface area contributed by atoms with Crippen molar-refractivity contribution in [3.8, 4) is 0 Å². The summed E-state index contributed by atoms with van der Waals surface area (Å²) in [6.07, 6.45) is 7.59. The Hall–Kier alpha value is -1.53. The van der Waals surface area contributed by atoms with Gasteiger partial charge in [-0.3, -0.25) is 9.59 Å². The van der Waals surface area contributed by atoms with E-state index in [9.17, 15) is 9.59 Å². The number of rotatable bonds is 2. The number of nitrogens with one attached hydrogen (secondary N) is 1. The molecule has 4 heterocycles. The van der Waals surface area contributed by atoms with Crippen LogP contribution in [0.25, 0.3) is 0 Å². The van der Waals surface area contributed by atoms with E-state index in [1.54, 1.807) is 17.0 Å². The Balaban J connectivity index is 0.00000196. The number of likely N-dealkylation sites (tertiary alicyclic amines) is 2. The summed E-state index contributed by atoms with van der Waals surface area (Å²) in [6, 6.07) is 3.06. The summed E-state index contributed by atoms with van der Waals surface area (Å²) >= 11 is 0. The van der Waals surface area contributed by atoms with Gasteiger partial charge >= 0.3 is 0 Å². The van der Waals surface area contributed by atoms with Crippen LogP contribution in [0.3, 0.4) is 0 Å². The van der Waals surface area contributed by atoms with Crippen LogP contribution in [-0.2, 0) is 4.79 Å². The maximum atomic E-state index is 13.1. The average molecular weight is 382 g/mol. The van der Waals surface area contributed by atoms with E-state index in [-0.39, 0.29) is 30.3 Å². The molecule has 1 aromatic heterocycles. The highest BCUT2D eigenvalue weighted by Gasteiger charge is 2.41. The molecule has 0 aliphatic carbocycles. The third-order valence-electron chi connectivity index (χ3n) is 6.25. The van der Waals surface area contributed by atoms with Crippen LogP contribution in [0.2, 0.25) is 0 Å². The van der Waals surface area contributed by atoms with Crippen LogP contribution in [0.5, 0.6) is 0 Å². The molecule has 0 aromatic carbocycles. The summed E-state index contributed by atoms with van der Waals surface area (Å²) in [5.74, 6) is 0.297. The minimum Gasteiger partial charge on any atom is -0.459 e. The fraction of sp³-hybridized carbons (Fsp3) is 0.684. The molecule has 1 atom stereocenters. The smallest absolute Gasteiger partial charge is 0.290 e. The van der Waals surface area contributed by atoms with Gasteiger partial charge in [0, 0.05) is 26.2 Å². The van der Waals surface area contributed by atoms with Gasteiger partial charge in [0.2, 0.25) is 5.91 Å². The third kappa shape index (κ3) is 3.62. The minimum absolute atomic E-state index is 0. The van der Waals surface area contributed by atoms with Crippen molar-refractivity contribution in [3.05, 3.63) is 24.2 Å². The van der Waals surface area contributed by atoms with E-state index < -0.39 is 0 Å². The summed E-state index contributed by atoms with van der Waals surface area (Å²) in [5.41, 5.74) is 0.396. The molecule has 7 heteroatoms. The monoisotopic (exact) mass is 381 g/mol. The molecular formula is C19H28ClN3O3. The van der Waals surface area contributed by atoms with E-state index in [0.29, 0.717) is 17.7 Å². The summed E-state index contributed by atoms with van der Waals surface area (Å²) in [5, 5.41) is 3.46.